The second kappa shape index (κ2) is 6.72. The van der Waals surface area contributed by atoms with Gasteiger partial charge in [-0.25, -0.2) is 9.78 Å². The van der Waals surface area contributed by atoms with Gasteiger partial charge in [0.1, 0.15) is 5.82 Å². The lowest BCUT2D eigenvalue weighted by molar-refractivity contribution is -0.119. The van der Waals surface area contributed by atoms with Gasteiger partial charge in [0.15, 0.2) is 0 Å². The van der Waals surface area contributed by atoms with Crippen LogP contribution in [0.2, 0.25) is 0 Å². The van der Waals surface area contributed by atoms with E-state index in [0.29, 0.717) is 24.0 Å². The minimum Gasteiger partial charge on any atom is -0.478 e. The topological polar surface area (TPSA) is 91.3 Å². The molecule has 19 heavy (non-hydrogen) atoms. The normalized spacial score (nSPS) is 10.3. The van der Waals surface area contributed by atoms with Crippen molar-refractivity contribution in [2.75, 3.05) is 18.4 Å². The van der Waals surface area contributed by atoms with E-state index in [9.17, 15) is 9.59 Å². The number of amides is 1. The quantitative estimate of drug-likeness (QED) is 0.720. The molecule has 0 bridgehead atoms. The molecule has 0 atom stereocenters. The predicted octanol–water partition coefficient (Wildman–Crippen LogP) is 1.27. The lowest BCUT2D eigenvalue weighted by atomic mass is 10.2. The molecule has 1 aromatic rings. The number of rotatable bonds is 6. The van der Waals surface area contributed by atoms with Crippen LogP contribution in [0.3, 0.4) is 0 Å². The van der Waals surface area contributed by atoms with Crippen molar-refractivity contribution in [2.24, 2.45) is 5.92 Å². The summed E-state index contributed by atoms with van der Waals surface area (Å²) in [5.41, 5.74) is 0.579. The van der Waals surface area contributed by atoms with E-state index in [0.717, 1.165) is 0 Å². The highest BCUT2D eigenvalue weighted by atomic mass is 16.4. The molecule has 6 heteroatoms. The van der Waals surface area contributed by atoms with Crippen LogP contribution < -0.4 is 10.6 Å². The summed E-state index contributed by atoms with van der Waals surface area (Å²) in [5, 5.41) is 14.5. The molecular weight excluding hydrogens is 246 g/mol. The molecule has 1 aromatic heterocycles. The zero-order chi connectivity index (χ0) is 14.4. The van der Waals surface area contributed by atoms with Gasteiger partial charge in [0.2, 0.25) is 5.91 Å². The van der Waals surface area contributed by atoms with Crippen molar-refractivity contribution in [3.8, 4) is 0 Å². The lowest BCUT2D eigenvalue weighted by Crippen LogP contribution is -2.32. The van der Waals surface area contributed by atoms with Crippen molar-refractivity contribution in [2.45, 2.75) is 20.8 Å². The fourth-order valence-electron chi connectivity index (χ4n) is 1.44. The number of carboxylic acid groups (broad SMARTS) is 1. The summed E-state index contributed by atoms with van der Waals surface area (Å²) in [4.78, 5) is 26.4. The summed E-state index contributed by atoms with van der Waals surface area (Å²) in [6, 6.07) is 3.02. The van der Waals surface area contributed by atoms with Gasteiger partial charge in [-0.3, -0.25) is 4.79 Å². The number of aryl methyl sites for hydroxylation is 1. The Labute approximate surface area is 112 Å². The van der Waals surface area contributed by atoms with E-state index in [1.165, 1.54) is 6.07 Å². The highest BCUT2D eigenvalue weighted by Crippen LogP contribution is 2.10. The largest absolute Gasteiger partial charge is 0.478 e. The number of aromatic nitrogens is 1. The zero-order valence-electron chi connectivity index (χ0n) is 11.4. The van der Waals surface area contributed by atoms with Gasteiger partial charge in [0.05, 0.1) is 17.8 Å². The number of aromatic carboxylic acids is 1. The number of nitrogens with zero attached hydrogens (tertiary/aromatic N) is 1. The molecule has 0 spiro atoms. The monoisotopic (exact) mass is 265 g/mol. The lowest BCUT2D eigenvalue weighted by Gasteiger charge is -2.09. The van der Waals surface area contributed by atoms with E-state index < -0.39 is 5.97 Å². The van der Waals surface area contributed by atoms with Gasteiger partial charge >= 0.3 is 5.97 Å². The molecule has 0 aliphatic carbocycles. The first-order chi connectivity index (χ1) is 8.90. The highest BCUT2D eigenvalue weighted by Gasteiger charge is 2.09. The van der Waals surface area contributed by atoms with Crippen molar-refractivity contribution in [3.63, 3.8) is 0 Å². The molecule has 0 fully saturated rings. The number of carbonyl (C=O) groups is 2. The molecule has 0 radical (unpaired) electrons. The van der Waals surface area contributed by atoms with Crippen molar-refractivity contribution in [3.05, 3.63) is 23.4 Å². The summed E-state index contributed by atoms with van der Waals surface area (Å²) in [7, 11) is 0. The van der Waals surface area contributed by atoms with Gasteiger partial charge in [-0.1, -0.05) is 13.8 Å². The van der Waals surface area contributed by atoms with Crippen LogP contribution >= 0.6 is 0 Å². The minimum atomic E-state index is -1.01. The SMILES string of the molecule is Cc1nc(NCC(=O)NCC(C)C)ccc1C(=O)O. The van der Waals surface area contributed by atoms with Gasteiger partial charge in [-0.05, 0) is 25.0 Å². The van der Waals surface area contributed by atoms with E-state index in [1.54, 1.807) is 13.0 Å². The van der Waals surface area contributed by atoms with Gasteiger partial charge in [-0.2, -0.15) is 0 Å². The van der Waals surface area contributed by atoms with Crippen molar-refractivity contribution >= 4 is 17.7 Å². The second-order valence-corrected chi connectivity index (χ2v) is 4.69. The molecule has 0 saturated heterocycles. The summed E-state index contributed by atoms with van der Waals surface area (Å²) in [6.45, 7) is 6.40. The van der Waals surface area contributed by atoms with Crippen LogP contribution in [-0.2, 0) is 4.79 Å². The first-order valence-electron chi connectivity index (χ1n) is 6.11. The van der Waals surface area contributed by atoms with E-state index in [4.69, 9.17) is 5.11 Å². The number of anilines is 1. The molecular formula is C13H19N3O3. The third kappa shape index (κ3) is 4.95. The van der Waals surface area contributed by atoms with Crippen LogP contribution in [0, 0.1) is 12.8 Å². The number of carbonyl (C=O) groups excluding carboxylic acids is 1. The van der Waals surface area contributed by atoms with Crippen molar-refractivity contribution in [1.29, 1.82) is 0 Å². The summed E-state index contributed by atoms with van der Waals surface area (Å²) >= 11 is 0. The first-order valence-corrected chi connectivity index (χ1v) is 6.11. The molecule has 1 rings (SSSR count). The Bertz CT molecular complexity index is 472. The third-order valence-electron chi connectivity index (χ3n) is 2.45. The van der Waals surface area contributed by atoms with Gasteiger partial charge in [-0.15, -0.1) is 0 Å². The van der Waals surface area contributed by atoms with E-state index >= 15 is 0 Å². The molecule has 1 heterocycles. The predicted molar refractivity (Wildman–Crippen MR) is 72.3 cm³/mol. The third-order valence-corrected chi connectivity index (χ3v) is 2.45. The summed E-state index contributed by atoms with van der Waals surface area (Å²) in [6.07, 6.45) is 0. The van der Waals surface area contributed by atoms with E-state index in [2.05, 4.69) is 15.6 Å². The fourth-order valence-corrected chi connectivity index (χ4v) is 1.44. The average Bonchev–Trinajstić information content (AvgIpc) is 2.33. The molecule has 0 aliphatic rings. The van der Waals surface area contributed by atoms with Crippen LogP contribution in [0.1, 0.15) is 29.9 Å². The standard InChI is InChI=1S/C13H19N3O3/c1-8(2)6-15-12(17)7-14-11-5-4-10(13(18)19)9(3)16-11/h4-5,8H,6-7H2,1-3H3,(H,14,16)(H,15,17)(H,18,19). The number of pyridine rings is 1. The van der Waals surface area contributed by atoms with E-state index in [1.807, 2.05) is 13.8 Å². The Hall–Kier alpha value is -2.11. The average molecular weight is 265 g/mol. The molecule has 104 valence electrons. The fraction of sp³-hybridized carbons (Fsp3) is 0.462. The Kier molecular flexibility index (Phi) is 5.29. The zero-order valence-corrected chi connectivity index (χ0v) is 11.4. The molecule has 0 aromatic carbocycles. The summed E-state index contributed by atoms with van der Waals surface area (Å²) < 4.78 is 0. The van der Waals surface area contributed by atoms with Gasteiger partial charge in [0.25, 0.3) is 0 Å². The molecule has 6 nitrogen and oxygen atoms in total. The van der Waals surface area contributed by atoms with Crippen molar-refractivity contribution in [1.82, 2.24) is 10.3 Å². The maximum atomic E-state index is 11.5. The molecule has 0 unspecified atom stereocenters. The maximum absolute atomic E-state index is 11.5. The van der Waals surface area contributed by atoms with Gasteiger partial charge in [0, 0.05) is 6.54 Å². The van der Waals surface area contributed by atoms with Crippen LogP contribution in [0.25, 0.3) is 0 Å². The minimum absolute atomic E-state index is 0.115. The van der Waals surface area contributed by atoms with Gasteiger partial charge < -0.3 is 15.7 Å². The van der Waals surface area contributed by atoms with Crippen LogP contribution in [-0.4, -0.2) is 35.1 Å². The smallest absolute Gasteiger partial charge is 0.337 e. The highest BCUT2D eigenvalue weighted by molar-refractivity contribution is 5.89. The molecule has 0 aliphatic heterocycles. The van der Waals surface area contributed by atoms with Crippen LogP contribution in [0.4, 0.5) is 5.82 Å². The molecule has 1 amide bonds. The maximum Gasteiger partial charge on any atom is 0.337 e. The second-order valence-electron chi connectivity index (χ2n) is 4.69. The number of hydrogen-bond donors (Lipinski definition) is 3. The van der Waals surface area contributed by atoms with Crippen LogP contribution in [0.15, 0.2) is 12.1 Å². The molecule has 3 N–H and O–H groups in total. The van der Waals surface area contributed by atoms with E-state index in [-0.39, 0.29) is 18.0 Å². The Balaban J connectivity index is 2.52. The number of hydrogen-bond acceptors (Lipinski definition) is 4. The number of nitrogens with one attached hydrogen (secondary N) is 2. The number of carboxylic acids is 1. The Morgan fingerprint density at radius 2 is 2.05 bits per heavy atom. The summed E-state index contributed by atoms with van der Waals surface area (Å²) in [5.74, 6) is -0.233. The Morgan fingerprint density at radius 1 is 1.37 bits per heavy atom. The molecule has 0 saturated carbocycles. The first kappa shape index (κ1) is 14.9. The van der Waals surface area contributed by atoms with Crippen LogP contribution in [0.5, 0.6) is 0 Å². The van der Waals surface area contributed by atoms with Crippen molar-refractivity contribution < 1.29 is 14.7 Å². The Morgan fingerprint density at radius 3 is 2.58 bits per heavy atom.